The first-order valence-electron chi connectivity index (χ1n) is 10.3. The van der Waals surface area contributed by atoms with Gasteiger partial charge in [0.1, 0.15) is 18.5 Å². The van der Waals surface area contributed by atoms with E-state index in [9.17, 15) is 20.1 Å². The SMILES string of the molecule is O=C(NCCC(O)C(O)c1ccc(O)cc1)OCC1c2ccccc2-c2ccccc21. The Morgan fingerprint density at radius 1 is 0.903 bits per heavy atom. The van der Waals surface area contributed by atoms with Gasteiger partial charge in [0.15, 0.2) is 0 Å². The van der Waals surface area contributed by atoms with E-state index in [4.69, 9.17) is 4.74 Å². The zero-order chi connectivity index (χ0) is 21.8. The molecule has 6 nitrogen and oxygen atoms in total. The zero-order valence-electron chi connectivity index (χ0n) is 16.9. The van der Waals surface area contributed by atoms with Gasteiger partial charge in [0.25, 0.3) is 0 Å². The van der Waals surface area contributed by atoms with Crippen LogP contribution in [0.5, 0.6) is 5.75 Å². The van der Waals surface area contributed by atoms with Gasteiger partial charge in [0.2, 0.25) is 0 Å². The summed E-state index contributed by atoms with van der Waals surface area (Å²) in [7, 11) is 0. The van der Waals surface area contributed by atoms with Crippen molar-refractivity contribution in [1.82, 2.24) is 5.32 Å². The van der Waals surface area contributed by atoms with Crippen LogP contribution in [0.2, 0.25) is 0 Å². The first-order chi connectivity index (χ1) is 15.0. The molecule has 31 heavy (non-hydrogen) atoms. The molecule has 0 saturated carbocycles. The molecule has 4 N–H and O–H groups in total. The van der Waals surface area contributed by atoms with Crippen molar-refractivity contribution in [1.29, 1.82) is 0 Å². The van der Waals surface area contributed by atoms with E-state index in [-0.39, 0.29) is 31.2 Å². The fourth-order valence-corrected chi connectivity index (χ4v) is 4.02. The lowest BCUT2D eigenvalue weighted by molar-refractivity contribution is 0.0136. The fraction of sp³-hybridized carbons (Fsp3) is 0.240. The van der Waals surface area contributed by atoms with Gasteiger partial charge in [-0.3, -0.25) is 0 Å². The van der Waals surface area contributed by atoms with Crippen LogP contribution in [0, 0.1) is 0 Å². The Bertz CT molecular complexity index is 1000. The molecule has 0 saturated heterocycles. The highest BCUT2D eigenvalue weighted by molar-refractivity contribution is 5.79. The highest BCUT2D eigenvalue weighted by Crippen LogP contribution is 2.44. The van der Waals surface area contributed by atoms with Crippen LogP contribution in [0.4, 0.5) is 4.79 Å². The Morgan fingerprint density at radius 2 is 1.48 bits per heavy atom. The summed E-state index contributed by atoms with van der Waals surface area (Å²) in [4.78, 5) is 12.2. The number of phenols is 1. The van der Waals surface area contributed by atoms with Crippen LogP contribution in [-0.4, -0.2) is 40.7 Å². The summed E-state index contributed by atoms with van der Waals surface area (Å²) in [5.74, 6) is 0.0717. The Kier molecular flexibility index (Phi) is 6.21. The first-order valence-corrected chi connectivity index (χ1v) is 10.3. The van der Waals surface area contributed by atoms with Crippen LogP contribution in [0.25, 0.3) is 11.1 Å². The smallest absolute Gasteiger partial charge is 0.407 e. The number of amides is 1. The maximum absolute atomic E-state index is 12.2. The molecule has 0 aliphatic heterocycles. The van der Waals surface area contributed by atoms with Crippen molar-refractivity contribution in [3.63, 3.8) is 0 Å². The van der Waals surface area contributed by atoms with Gasteiger partial charge in [0.05, 0.1) is 6.10 Å². The van der Waals surface area contributed by atoms with Crippen molar-refractivity contribution in [2.24, 2.45) is 0 Å². The molecular formula is C25H25NO5. The van der Waals surface area contributed by atoms with E-state index < -0.39 is 18.3 Å². The van der Waals surface area contributed by atoms with Crippen LogP contribution < -0.4 is 5.32 Å². The van der Waals surface area contributed by atoms with Gasteiger partial charge in [-0.15, -0.1) is 0 Å². The highest BCUT2D eigenvalue weighted by atomic mass is 16.5. The number of nitrogens with one attached hydrogen (secondary N) is 1. The summed E-state index contributed by atoms with van der Waals surface area (Å²) >= 11 is 0. The number of aliphatic hydroxyl groups excluding tert-OH is 2. The first kappa shape index (κ1) is 20.9. The monoisotopic (exact) mass is 419 g/mol. The number of aliphatic hydroxyl groups is 2. The second kappa shape index (κ2) is 9.20. The quantitative estimate of drug-likeness (QED) is 0.468. The van der Waals surface area contributed by atoms with E-state index in [0.717, 1.165) is 11.1 Å². The molecule has 0 bridgehead atoms. The molecule has 0 spiro atoms. The third-order valence-corrected chi connectivity index (χ3v) is 5.65. The Balaban J connectivity index is 1.28. The number of carbonyl (C=O) groups excluding carboxylic acids is 1. The fourth-order valence-electron chi connectivity index (χ4n) is 4.02. The minimum Gasteiger partial charge on any atom is -0.508 e. The maximum Gasteiger partial charge on any atom is 0.407 e. The van der Waals surface area contributed by atoms with Crippen molar-refractivity contribution in [2.75, 3.05) is 13.2 Å². The number of benzene rings is 3. The van der Waals surface area contributed by atoms with E-state index in [1.807, 2.05) is 24.3 Å². The molecule has 2 atom stereocenters. The maximum atomic E-state index is 12.2. The lowest BCUT2D eigenvalue weighted by Gasteiger charge is -2.19. The minimum absolute atomic E-state index is 0.0138. The van der Waals surface area contributed by atoms with Gasteiger partial charge >= 0.3 is 6.09 Å². The standard InChI is InChI=1S/C25H25NO5/c27-17-11-9-16(10-12-17)24(29)23(28)13-14-26-25(30)31-15-22-20-7-3-1-5-18(20)19-6-2-4-8-21(19)22/h1-12,22-24,27-29H,13-15H2,(H,26,30). The molecule has 3 aromatic carbocycles. The number of rotatable bonds is 7. The van der Waals surface area contributed by atoms with Crippen LogP contribution in [-0.2, 0) is 4.74 Å². The highest BCUT2D eigenvalue weighted by Gasteiger charge is 2.29. The zero-order valence-corrected chi connectivity index (χ0v) is 16.9. The van der Waals surface area contributed by atoms with Gasteiger partial charge < -0.3 is 25.4 Å². The van der Waals surface area contributed by atoms with Crippen molar-refractivity contribution < 1.29 is 24.9 Å². The van der Waals surface area contributed by atoms with Crippen molar-refractivity contribution in [3.05, 3.63) is 89.5 Å². The van der Waals surface area contributed by atoms with Crippen LogP contribution in [0.1, 0.15) is 35.1 Å². The molecule has 1 amide bonds. The predicted octanol–water partition coefficient (Wildman–Crippen LogP) is 3.72. The second-order valence-electron chi connectivity index (χ2n) is 7.64. The molecule has 0 radical (unpaired) electrons. The summed E-state index contributed by atoms with van der Waals surface area (Å²) in [5.41, 5.74) is 5.11. The number of hydrogen-bond donors (Lipinski definition) is 4. The Labute approximate surface area is 180 Å². The number of hydrogen-bond acceptors (Lipinski definition) is 5. The van der Waals surface area contributed by atoms with E-state index in [2.05, 4.69) is 29.6 Å². The van der Waals surface area contributed by atoms with Crippen LogP contribution >= 0.6 is 0 Å². The molecule has 0 heterocycles. The molecular weight excluding hydrogens is 394 g/mol. The van der Waals surface area contributed by atoms with Crippen LogP contribution in [0.3, 0.4) is 0 Å². The van der Waals surface area contributed by atoms with Crippen LogP contribution in [0.15, 0.2) is 72.8 Å². The number of carbonyl (C=O) groups is 1. The normalized spacial score (nSPS) is 14.4. The molecule has 4 rings (SSSR count). The second-order valence-corrected chi connectivity index (χ2v) is 7.64. The number of aromatic hydroxyl groups is 1. The summed E-state index contributed by atoms with van der Waals surface area (Å²) in [5, 5.41) is 32.3. The number of phenolic OH excluding ortho intramolecular Hbond substituents is 1. The molecule has 1 aliphatic rings. The molecule has 0 aromatic heterocycles. The average Bonchev–Trinajstić information content (AvgIpc) is 3.11. The largest absolute Gasteiger partial charge is 0.508 e. The van der Waals surface area contributed by atoms with Crippen molar-refractivity contribution >= 4 is 6.09 Å². The van der Waals surface area contributed by atoms with Crippen molar-refractivity contribution in [3.8, 4) is 16.9 Å². The lowest BCUT2D eigenvalue weighted by Crippen LogP contribution is -2.30. The van der Waals surface area contributed by atoms with E-state index in [1.54, 1.807) is 12.1 Å². The average molecular weight is 419 g/mol. The van der Waals surface area contributed by atoms with Gasteiger partial charge in [-0.2, -0.15) is 0 Å². The molecule has 160 valence electrons. The number of alkyl carbamates (subject to hydrolysis) is 1. The predicted molar refractivity (Wildman–Crippen MR) is 117 cm³/mol. The van der Waals surface area contributed by atoms with Gasteiger partial charge in [-0.25, -0.2) is 4.79 Å². The molecule has 6 heteroatoms. The van der Waals surface area contributed by atoms with Crippen molar-refractivity contribution in [2.45, 2.75) is 24.5 Å². The Morgan fingerprint density at radius 3 is 2.10 bits per heavy atom. The summed E-state index contributed by atoms with van der Waals surface area (Å²) in [6.45, 7) is 0.380. The number of fused-ring (bicyclic) bond motifs is 3. The van der Waals surface area contributed by atoms with Gasteiger partial charge in [-0.05, 0) is 46.4 Å². The lowest BCUT2D eigenvalue weighted by atomic mass is 9.98. The molecule has 2 unspecified atom stereocenters. The number of ether oxygens (including phenoxy) is 1. The van der Waals surface area contributed by atoms with Gasteiger partial charge in [0, 0.05) is 12.5 Å². The summed E-state index contributed by atoms with van der Waals surface area (Å²) in [6, 6.07) is 22.2. The summed E-state index contributed by atoms with van der Waals surface area (Å²) in [6.07, 6.45) is -2.57. The molecule has 1 aliphatic carbocycles. The molecule has 0 fully saturated rings. The third-order valence-electron chi connectivity index (χ3n) is 5.65. The van der Waals surface area contributed by atoms with E-state index >= 15 is 0 Å². The topological polar surface area (TPSA) is 99.0 Å². The minimum atomic E-state index is -1.11. The Hall–Kier alpha value is -3.35. The molecule has 3 aromatic rings. The third kappa shape index (κ3) is 4.55. The summed E-state index contributed by atoms with van der Waals surface area (Å²) < 4.78 is 5.46. The van der Waals surface area contributed by atoms with Gasteiger partial charge in [-0.1, -0.05) is 60.7 Å². The van der Waals surface area contributed by atoms with E-state index in [0.29, 0.717) is 5.56 Å². The van der Waals surface area contributed by atoms with E-state index in [1.165, 1.54) is 23.3 Å².